The van der Waals surface area contributed by atoms with E-state index in [1.165, 1.54) is 6.42 Å². The summed E-state index contributed by atoms with van der Waals surface area (Å²) in [4.78, 5) is 19.8. The Kier molecular flexibility index (Phi) is 4.56. The van der Waals surface area contributed by atoms with Gasteiger partial charge in [-0.25, -0.2) is 9.50 Å². The highest BCUT2D eigenvalue weighted by Crippen LogP contribution is 2.47. The van der Waals surface area contributed by atoms with Crippen LogP contribution >= 0.6 is 0 Å². The van der Waals surface area contributed by atoms with Gasteiger partial charge in [0.25, 0.3) is 0 Å². The van der Waals surface area contributed by atoms with Gasteiger partial charge >= 0.3 is 0 Å². The Morgan fingerprint density at radius 2 is 2.21 bits per heavy atom. The van der Waals surface area contributed by atoms with Crippen LogP contribution in [0.2, 0.25) is 0 Å². The van der Waals surface area contributed by atoms with Gasteiger partial charge in [0.1, 0.15) is 0 Å². The molecule has 3 heterocycles. The van der Waals surface area contributed by atoms with Gasteiger partial charge in [-0.1, -0.05) is 6.07 Å². The molecule has 0 spiro atoms. The maximum Gasteiger partial charge on any atom is 0.241 e. The number of benzene rings is 1. The number of piperidine rings is 1. The van der Waals surface area contributed by atoms with Crippen molar-refractivity contribution < 1.29 is 9.53 Å². The zero-order valence-corrected chi connectivity index (χ0v) is 16.7. The van der Waals surface area contributed by atoms with Crippen molar-refractivity contribution in [3.63, 3.8) is 0 Å². The number of nitrogens with zero attached hydrogens (tertiary/aromatic N) is 4. The first-order valence-electron chi connectivity index (χ1n) is 10.1. The Balaban J connectivity index is 1.36. The molecule has 7 nitrogen and oxygen atoms in total. The normalized spacial score (nSPS) is 23.3. The summed E-state index contributed by atoms with van der Waals surface area (Å²) in [6, 6.07) is 10.3. The number of amides is 1. The van der Waals surface area contributed by atoms with Crippen LogP contribution in [0.1, 0.15) is 18.4 Å². The molecule has 1 aromatic carbocycles. The van der Waals surface area contributed by atoms with Gasteiger partial charge in [0.2, 0.25) is 5.91 Å². The summed E-state index contributed by atoms with van der Waals surface area (Å²) in [5.74, 6) is 1.37. The second-order valence-electron chi connectivity index (χ2n) is 8.02. The second-order valence-corrected chi connectivity index (χ2v) is 8.02. The van der Waals surface area contributed by atoms with Crippen LogP contribution in [-0.4, -0.2) is 57.8 Å². The lowest BCUT2D eigenvalue weighted by Crippen LogP contribution is -2.43. The summed E-state index contributed by atoms with van der Waals surface area (Å²) in [6.07, 6.45) is 5.86. The lowest BCUT2D eigenvalue weighted by atomic mass is 10.1. The van der Waals surface area contributed by atoms with E-state index in [1.807, 2.05) is 54.2 Å². The molecule has 29 heavy (non-hydrogen) atoms. The van der Waals surface area contributed by atoms with Gasteiger partial charge in [-0.05, 0) is 55.5 Å². The summed E-state index contributed by atoms with van der Waals surface area (Å²) in [7, 11) is 1.70. The third kappa shape index (κ3) is 3.41. The number of methoxy groups -OCH3 is 1. The number of nitrogens with one attached hydrogen (secondary N) is 1. The fourth-order valence-corrected chi connectivity index (χ4v) is 4.44. The first-order valence-corrected chi connectivity index (χ1v) is 10.1. The SMILES string of the molecule is COCCN1C2CC2C[C@H]1C(=O)Nc1ccc(C)c(-c2ncc3cccn3n2)c1. The van der Waals surface area contributed by atoms with Crippen molar-refractivity contribution >= 4 is 17.1 Å². The average molecular weight is 391 g/mol. The van der Waals surface area contributed by atoms with Crippen LogP contribution in [0.3, 0.4) is 0 Å². The molecule has 150 valence electrons. The van der Waals surface area contributed by atoms with Gasteiger partial charge in [0, 0.05) is 37.1 Å². The largest absolute Gasteiger partial charge is 0.383 e. The summed E-state index contributed by atoms with van der Waals surface area (Å²) in [6.45, 7) is 3.49. The van der Waals surface area contributed by atoms with Crippen molar-refractivity contribution in [2.45, 2.75) is 31.8 Å². The zero-order chi connectivity index (χ0) is 20.0. The average Bonchev–Trinajstić information content (AvgIpc) is 3.17. The quantitative estimate of drug-likeness (QED) is 0.700. The van der Waals surface area contributed by atoms with Crippen molar-refractivity contribution in [3.8, 4) is 11.4 Å². The molecule has 1 aliphatic carbocycles. The van der Waals surface area contributed by atoms with Gasteiger partial charge in [0.05, 0.1) is 24.4 Å². The highest BCUT2D eigenvalue weighted by molar-refractivity contribution is 5.95. The van der Waals surface area contributed by atoms with E-state index >= 15 is 0 Å². The molecule has 2 unspecified atom stereocenters. The number of aryl methyl sites for hydroxylation is 1. The molecule has 7 heteroatoms. The number of ether oxygens (including phenoxy) is 1. The van der Waals surface area contributed by atoms with Crippen molar-refractivity contribution in [1.29, 1.82) is 0 Å². The van der Waals surface area contributed by atoms with Gasteiger partial charge in [-0.2, -0.15) is 0 Å². The predicted molar refractivity (Wildman–Crippen MR) is 111 cm³/mol. The number of anilines is 1. The number of carbonyl (C=O) groups is 1. The maximum absolute atomic E-state index is 13.0. The topological polar surface area (TPSA) is 71.8 Å². The summed E-state index contributed by atoms with van der Waals surface area (Å²) in [5.41, 5.74) is 3.72. The standard InChI is InChI=1S/C22H25N5O2/c1-14-5-6-16(12-18(14)21-23-13-17-4-3-7-27(17)25-21)24-22(28)20-11-15-10-19(15)26(20)8-9-29-2/h3-7,12-13,15,19-20H,8-11H2,1-2H3,(H,24,28)/t15?,19?,20-/m0/s1. The van der Waals surface area contributed by atoms with E-state index in [4.69, 9.17) is 4.74 Å². The van der Waals surface area contributed by atoms with Crippen LogP contribution in [0.4, 0.5) is 5.69 Å². The minimum Gasteiger partial charge on any atom is -0.383 e. The first kappa shape index (κ1) is 18.3. The molecule has 1 saturated carbocycles. The third-order valence-corrected chi connectivity index (χ3v) is 6.12. The van der Waals surface area contributed by atoms with Crippen LogP contribution < -0.4 is 5.32 Å². The number of likely N-dealkylation sites (tertiary alicyclic amines) is 1. The molecule has 0 bridgehead atoms. The Morgan fingerprint density at radius 3 is 3.07 bits per heavy atom. The van der Waals surface area contributed by atoms with Gasteiger partial charge in [-0.3, -0.25) is 9.69 Å². The van der Waals surface area contributed by atoms with Crippen molar-refractivity contribution in [1.82, 2.24) is 19.5 Å². The summed E-state index contributed by atoms with van der Waals surface area (Å²) < 4.78 is 7.04. The van der Waals surface area contributed by atoms with E-state index in [-0.39, 0.29) is 11.9 Å². The van der Waals surface area contributed by atoms with E-state index < -0.39 is 0 Å². The second kappa shape index (κ2) is 7.24. The molecule has 5 rings (SSSR count). The smallest absolute Gasteiger partial charge is 0.241 e. The van der Waals surface area contributed by atoms with Crippen molar-refractivity contribution in [2.75, 3.05) is 25.6 Å². The lowest BCUT2D eigenvalue weighted by molar-refractivity contribution is -0.121. The number of carbonyl (C=O) groups excluding carboxylic acids is 1. The Hall–Kier alpha value is -2.77. The van der Waals surface area contributed by atoms with Gasteiger partial charge < -0.3 is 10.1 Å². The fraction of sp³-hybridized carbons (Fsp3) is 0.409. The lowest BCUT2D eigenvalue weighted by Gasteiger charge is -2.26. The number of rotatable bonds is 6. The highest BCUT2D eigenvalue weighted by atomic mass is 16.5. The molecule has 0 radical (unpaired) electrons. The molecule has 2 aliphatic rings. The molecule has 2 fully saturated rings. The minimum atomic E-state index is -0.0777. The number of hydrogen-bond acceptors (Lipinski definition) is 5. The van der Waals surface area contributed by atoms with E-state index in [0.717, 1.165) is 35.3 Å². The molecule has 2 aromatic heterocycles. The maximum atomic E-state index is 13.0. The summed E-state index contributed by atoms with van der Waals surface area (Å²) in [5, 5.41) is 7.71. The predicted octanol–water partition coefficient (Wildman–Crippen LogP) is 2.75. The van der Waals surface area contributed by atoms with E-state index in [1.54, 1.807) is 7.11 Å². The fourth-order valence-electron chi connectivity index (χ4n) is 4.44. The Bertz CT molecular complexity index is 1060. The van der Waals surface area contributed by atoms with Crippen LogP contribution in [0, 0.1) is 12.8 Å². The van der Waals surface area contributed by atoms with Gasteiger partial charge in [-0.15, -0.1) is 5.10 Å². The number of fused-ring (bicyclic) bond motifs is 2. The van der Waals surface area contributed by atoms with E-state index in [2.05, 4.69) is 20.3 Å². The number of aromatic nitrogens is 3. The molecule has 1 aliphatic heterocycles. The molecule has 3 atom stereocenters. The van der Waals surface area contributed by atoms with Crippen molar-refractivity contribution in [2.24, 2.45) is 5.92 Å². The first-order chi connectivity index (χ1) is 14.1. The highest BCUT2D eigenvalue weighted by Gasteiger charge is 2.53. The number of hydrogen-bond donors (Lipinski definition) is 1. The Labute approximate surface area is 169 Å². The van der Waals surface area contributed by atoms with Crippen LogP contribution in [0.15, 0.2) is 42.7 Å². The monoisotopic (exact) mass is 391 g/mol. The Morgan fingerprint density at radius 1 is 1.31 bits per heavy atom. The molecule has 1 N–H and O–H groups in total. The molecular formula is C22H25N5O2. The van der Waals surface area contributed by atoms with E-state index in [0.29, 0.717) is 24.4 Å². The van der Waals surface area contributed by atoms with Gasteiger partial charge in [0.15, 0.2) is 5.82 Å². The third-order valence-electron chi connectivity index (χ3n) is 6.12. The van der Waals surface area contributed by atoms with E-state index in [9.17, 15) is 4.79 Å². The summed E-state index contributed by atoms with van der Waals surface area (Å²) >= 11 is 0. The van der Waals surface area contributed by atoms with Crippen molar-refractivity contribution in [3.05, 3.63) is 48.3 Å². The zero-order valence-electron chi connectivity index (χ0n) is 16.7. The molecule has 1 saturated heterocycles. The van der Waals surface area contributed by atoms with Crippen LogP contribution in [0.5, 0.6) is 0 Å². The molecule has 1 amide bonds. The molecule has 3 aromatic rings. The molecular weight excluding hydrogens is 366 g/mol. The minimum absolute atomic E-state index is 0.0601. The van der Waals surface area contributed by atoms with Crippen LogP contribution in [0.25, 0.3) is 16.9 Å². The van der Waals surface area contributed by atoms with Crippen LogP contribution in [-0.2, 0) is 9.53 Å².